The first-order valence-corrected chi connectivity index (χ1v) is 4.02. The Morgan fingerprint density at radius 3 is 2.38 bits per heavy atom. The molecule has 0 heterocycles. The van der Waals surface area contributed by atoms with Gasteiger partial charge < -0.3 is 0 Å². The lowest BCUT2D eigenvalue weighted by Crippen LogP contribution is -1.83. The Morgan fingerprint density at radius 1 is 0.923 bits per heavy atom. The van der Waals surface area contributed by atoms with E-state index >= 15 is 0 Å². The predicted octanol–water partition coefficient (Wildman–Crippen LogP) is 3.43. The number of halogens is 2. The Labute approximate surface area is 74.8 Å². The van der Waals surface area contributed by atoms with Gasteiger partial charge in [-0.1, -0.05) is 6.07 Å². The van der Waals surface area contributed by atoms with E-state index in [1.165, 1.54) is 24.3 Å². The maximum atomic E-state index is 12.9. The summed E-state index contributed by atoms with van der Waals surface area (Å²) in [5, 5.41) is 1.50. The molecule has 2 heteroatoms. The van der Waals surface area contributed by atoms with E-state index in [4.69, 9.17) is 0 Å². The highest BCUT2D eigenvalue weighted by atomic mass is 19.1. The van der Waals surface area contributed by atoms with Gasteiger partial charge in [0.25, 0.3) is 0 Å². The van der Waals surface area contributed by atoms with Crippen LogP contribution >= 0.6 is 0 Å². The monoisotopic (exact) mass is 178 g/mol. The van der Waals surface area contributed by atoms with E-state index in [-0.39, 0.29) is 11.6 Å². The quantitative estimate of drug-likeness (QED) is 0.579. The maximum absolute atomic E-state index is 12.9. The molecule has 0 nitrogen and oxygen atoms in total. The summed E-state index contributed by atoms with van der Waals surface area (Å²) >= 11 is 0. The lowest BCUT2D eigenvalue weighted by molar-refractivity contribution is 0.625. The summed E-state index contributed by atoms with van der Waals surface area (Å²) in [5.41, 5.74) is 0.829. The van der Waals surface area contributed by atoms with Crippen molar-refractivity contribution < 1.29 is 8.78 Å². The molecule has 0 bridgehead atoms. The first-order chi connectivity index (χ1) is 6.16. The van der Waals surface area contributed by atoms with E-state index < -0.39 is 0 Å². The molecule has 0 aliphatic rings. The zero-order valence-corrected chi connectivity index (χ0v) is 7.14. The molecule has 2 aromatic rings. The van der Waals surface area contributed by atoms with Crippen molar-refractivity contribution in [1.29, 1.82) is 0 Å². The summed E-state index contributed by atoms with van der Waals surface area (Å²) < 4.78 is 25.7. The number of benzene rings is 2. The number of hydrogen-bond donors (Lipinski definition) is 0. The molecule has 2 rings (SSSR count). The van der Waals surface area contributed by atoms with Crippen molar-refractivity contribution in [2.75, 3.05) is 0 Å². The molecule has 0 unspecified atom stereocenters. The number of aryl methyl sites for hydroxylation is 1. The average molecular weight is 178 g/mol. The molecular formula is C11H8F2. The van der Waals surface area contributed by atoms with Crippen LogP contribution in [0.5, 0.6) is 0 Å². The first kappa shape index (κ1) is 8.17. The highest BCUT2D eigenvalue weighted by Gasteiger charge is 2.01. The van der Waals surface area contributed by atoms with Crippen LogP contribution < -0.4 is 0 Å². The topological polar surface area (TPSA) is 0 Å². The third-order valence-electron chi connectivity index (χ3n) is 2.09. The van der Waals surface area contributed by atoms with Crippen molar-refractivity contribution in [2.24, 2.45) is 0 Å². The molecule has 0 spiro atoms. The van der Waals surface area contributed by atoms with Crippen molar-refractivity contribution in [2.45, 2.75) is 6.92 Å². The van der Waals surface area contributed by atoms with Gasteiger partial charge in [-0.2, -0.15) is 0 Å². The number of hydrogen-bond acceptors (Lipinski definition) is 0. The Kier molecular flexibility index (Phi) is 1.76. The number of rotatable bonds is 0. The van der Waals surface area contributed by atoms with Gasteiger partial charge in [-0.15, -0.1) is 0 Å². The second kappa shape index (κ2) is 2.80. The van der Waals surface area contributed by atoms with Gasteiger partial charge in [0.2, 0.25) is 0 Å². The summed E-state index contributed by atoms with van der Waals surface area (Å²) in [7, 11) is 0. The average Bonchev–Trinajstić information content (AvgIpc) is 2.02. The van der Waals surface area contributed by atoms with Crippen molar-refractivity contribution in [3.63, 3.8) is 0 Å². The smallest absolute Gasteiger partial charge is 0.124 e. The van der Waals surface area contributed by atoms with Crippen LogP contribution in [0.3, 0.4) is 0 Å². The zero-order valence-electron chi connectivity index (χ0n) is 7.14. The van der Waals surface area contributed by atoms with Gasteiger partial charge in [-0.3, -0.25) is 0 Å². The molecule has 0 radical (unpaired) electrons. The van der Waals surface area contributed by atoms with Crippen LogP contribution in [0.2, 0.25) is 0 Å². The van der Waals surface area contributed by atoms with E-state index in [0.717, 1.165) is 10.9 Å². The molecule has 0 atom stereocenters. The van der Waals surface area contributed by atoms with Crippen molar-refractivity contribution in [3.8, 4) is 0 Å². The van der Waals surface area contributed by atoms with E-state index in [0.29, 0.717) is 5.39 Å². The third-order valence-corrected chi connectivity index (χ3v) is 2.09. The van der Waals surface area contributed by atoms with Gasteiger partial charge in [0.15, 0.2) is 0 Å². The lowest BCUT2D eigenvalue weighted by atomic mass is 10.1. The van der Waals surface area contributed by atoms with Gasteiger partial charge in [-0.05, 0) is 47.5 Å². The van der Waals surface area contributed by atoms with Gasteiger partial charge in [0.1, 0.15) is 11.6 Å². The Bertz CT molecular complexity index is 456. The highest BCUT2D eigenvalue weighted by Crippen LogP contribution is 2.20. The number of fused-ring (bicyclic) bond motifs is 1. The second-order valence-corrected chi connectivity index (χ2v) is 3.09. The summed E-state index contributed by atoms with van der Waals surface area (Å²) in [6.07, 6.45) is 0. The molecule has 0 aliphatic carbocycles. The van der Waals surface area contributed by atoms with Gasteiger partial charge in [0.05, 0.1) is 0 Å². The minimum Gasteiger partial charge on any atom is -0.207 e. The fourth-order valence-corrected chi connectivity index (χ4v) is 1.49. The van der Waals surface area contributed by atoms with Crippen LogP contribution in [-0.2, 0) is 0 Å². The maximum Gasteiger partial charge on any atom is 0.124 e. The van der Waals surface area contributed by atoms with Crippen LogP contribution in [0.4, 0.5) is 8.78 Å². The van der Waals surface area contributed by atoms with Gasteiger partial charge in [0, 0.05) is 0 Å². The summed E-state index contributed by atoms with van der Waals surface area (Å²) in [4.78, 5) is 0. The molecule has 13 heavy (non-hydrogen) atoms. The SMILES string of the molecule is Cc1cc(F)cc2cc(F)ccc12. The fourth-order valence-electron chi connectivity index (χ4n) is 1.49. The molecular weight excluding hydrogens is 170 g/mol. The fraction of sp³-hybridized carbons (Fsp3) is 0.0909. The molecule has 66 valence electrons. The normalized spacial score (nSPS) is 10.7. The van der Waals surface area contributed by atoms with Gasteiger partial charge in [-0.25, -0.2) is 8.78 Å². The van der Waals surface area contributed by atoms with Crippen LogP contribution in [0.1, 0.15) is 5.56 Å². The lowest BCUT2D eigenvalue weighted by Gasteiger charge is -2.01. The summed E-state index contributed by atoms with van der Waals surface area (Å²) in [6.45, 7) is 1.81. The first-order valence-electron chi connectivity index (χ1n) is 4.02. The Morgan fingerprint density at radius 2 is 1.62 bits per heavy atom. The van der Waals surface area contributed by atoms with Crippen LogP contribution in [0, 0.1) is 18.6 Å². The van der Waals surface area contributed by atoms with Crippen molar-refractivity contribution in [3.05, 3.63) is 47.5 Å². The molecule has 0 aromatic heterocycles. The van der Waals surface area contributed by atoms with Crippen molar-refractivity contribution >= 4 is 10.8 Å². The summed E-state index contributed by atoms with van der Waals surface area (Å²) in [6, 6.07) is 7.17. The molecule has 0 aliphatic heterocycles. The Balaban J connectivity index is 2.86. The predicted molar refractivity (Wildman–Crippen MR) is 48.6 cm³/mol. The molecule has 0 saturated heterocycles. The summed E-state index contributed by atoms with van der Waals surface area (Å²) in [5.74, 6) is -0.659. The molecule has 2 aromatic carbocycles. The van der Waals surface area contributed by atoms with E-state index in [9.17, 15) is 8.78 Å². The highest BCUT2D eigenvalue weighted by molar-refractivity contribution is 5.85. The molecule has 0 amide bonds. The van der Waals surface area contributed by atoms with Crippen LogP contribution in [0.15, 0.2) is 30.3 Å². The standard InChI is InChI=1S/C11H8F2/c1-7-4-10(13)6-8-5-9(12)2-3-11(7)8/h2-6H,1H3. The third kappa shape index (κ3) is 1.39. The van der Waals surface area contributed by atoms with E-state index in [2.05, 4.69) is 0 Å². The molecule has 0 N–H and O–H groups in total. The van der Waals surface area contributed by atoms with Crippen LogP contribution in [-0.4, -0.2) is 0 Å². The van der Waals surface area contributed by atoms with Gasteiger partial charge >= 0.3 is 0 Å². The molecule has 0 fully saturated rings. The van der Waals surface area contributed by atoms with E-state index in [1.54, 1.807) is 6.07 Å². The van der Waals surface area contributed by atoms with E-state index in [1.807, 2.05) is 6.92 Å². The van der Waals surface area contributed by atoms with Crippen LogP contribution in [0.25, 0.3) is 10.8 Å². The minimum absolute atomic E-state index is 0.324. The zero-order chi connectivity index (χ0) is 9.42. The van der Waals surface area contributed by atoms with Crippen molar-refractivity contribution in [1.82, 2.24) is 0 Å². The largest absolute Gasteiger partial charge is 0.207 e. The Hall–Kier alpha value is -1.44. The minimum atomic E-state index is -0.336. The molecule has 0 saturated carbocycles. The second-order valence-electron chi connectivity index (χ2n) is 3.09.